The highest BCUT2D eigenvalue weighted by Gasteiger charge is 2.36. The van der Waals surface area contributed by atoms with Gasteiger partial charge in [-0.05, 0) is 68.4 Å². The summed E-state index contributed by atoms with van der Waals surface area (Å²) in [5, 5.41) is 12.7. The average Bonchev–Trinajstić information content (AvgIpc) is 3.03. The molecule has 2 aromatic rings. The summed E-state index contributed by atoms with van der Waals surface area (Å²) in [7, 11) is 0. The van der Waals surface area contributed by atoms with Crippen molar-refractivity contribution in [1.82, 2.24) is 4.90 Å². The highest BCUT2D eigenvalue weighted by atomic mass is 16.3. The Bertz CT molecular complexity index is 929. The predicted molar refractivity (Wildman–Crippen MR) is 108 cm³/mol. The van der Waals surface area contributed by atoms with E-state index in [4.69, 9.17) is 0 Å². The van der Waals surface area contributed by atoms with Crippen molar-refractivity contribution in [2.75, 3.05) is 5.32 Å². The summed E-state index contributed by atoms with van der Waals surface area (Å²) in [5.74, 6) is 0.251. The average molecular weight is 378 g/mol. The highest BCUT2D eigenvalue weighted by Crippen LogP contribution is 2.34. The zero-order chi connectivity index (χ0) is 19.8. The molecular formula is C23H26N2O3. The SMILES string of the molecule is Cc1ccc(NC(=O)C2CCC(N3Cc4c(C)cccc4C3=O)CC2)cc1O. The second-order valence-corrected chi connectivity index (χ2v) is 8.03. The maximum atomic E-state index is 12.8. The minimum Gasteiger partial charge on any atom is -0.508 e. The van der Waals surface area contributed by atoms with Gasteiger partial charge in [0.15, 0.2) is 0 Å². The van der Waals surface area contributed by atoms with Gasteiger partial charge in [-0.25, -0.2) is 0 Å². The van der Waals surface area contributed by atoms with Crippen LogP contribution in [0.3, 0.4) is 0 Å². The van der Waals surface area contributed by atoms with Crippen LogP contribution in [-0.4, -0.2) is 27.9 Å². The van der Waals surface area contributed by atoms with Crippen LogP contribution < -0.4 is 5.32 Å². The molecule has 0 atom stereocenters. The lowest BCUT2D eigenvalue weighted by Crippen LogP contribution is -2.40. The molecule has 2 aromatic carbocycles. The predicted octanol–water partition coefficient (Wildman–Crippen LogP) is 4.16. The van der Waals surface area contributed by atoms with Crippen molar-refractivity contribution < 1.29 is 14.7 Å². The molecule has 0 saturated heterocycles. The number of fused-ring (bicyclic) bond motifs is 1. The molecule has 2 amide bonds. The van der Waals surface area contributed by atoms with Gasteiger partial charge in [-0.1, -0.05) is 18.2 Å². The standard InChI is InChI=1S/C23H26N2O3/c1-14-4-3-5-19-20(14)13-25(23(19)28)18-10-7-16(8-11-18)22(27)24-17-9-6-15(2)21(26)12-17/h3-6,9,12,16,18,26H,7-8,10-11,13H2,1-2H3,(H,24,27). The Balaban J connectivity index is 1.36. The number of nitrogens with one attached hydrogen (secondary N) is 1. The van der Waals surface area contributed by atoms with Gasteiger partial charge in [0.05, 0.1) is 0 Å². The molecule has 0 aromatic heterocycles. The fourth-order valence-corrected chi connectivity index (χ4v) is 4.39. The van der Waals surface area contributed by atoms with E-state index in [0.717, 1.165) is 42.4 Å². The fraction of sp³-hybridized carbons (Fsp3) is 0.391. The smallest absolute Gasteiger partial charge is 0.254 e. The van der Waals surface area contributed by atoms with Crippen LogP contribution in [0.5, 0.6) is 5.75 Å². The van der Waals surface area contributed by atoms with Crippen LogP contribution in [0.4, 0.5) is 5.69 Å². The minimum atomic E-state index is -0.0542. The lowest BCUT2D eigenvalue weighted by molar-refractivity contribution is -0.121. The van der Waals surface area contributed by atoms with Crippen LogP contribution in [0, 0.1) is 19.8 Å². The van der Waals surface area contributed by atoms with E-state index in [1.807, 2.05) is 24.0 Å². The van der Waals surface area contributed by atoms with Crippen LogP contribution in [0.2, 0.25) is 0 Å². The third-order valence-corrected chi connectivity index (χ3v) is 6.21. The van der Waals surface area contributed by atoms with Crippen molar-refractivity contribution in [1.29, 1.82) is 0 Å². The van der Waals surface area contributed by atoms with Gasteiger partial charge in [0.25, 0.3) is 5.91 Å². The van der Waals surface area contributed by atoms with E-state index >= 15 is 0 Å². The molecule has 2 aliphatic rings. The zero-order valence-corrected chi connectivity index (χ0v) is 16.4. The number of anilines is 1. The molecule has 146 valence electrons. The van der Waals surface area contributed by atoms with Crippen molar-refractivity contribution in [2.45, 2.75) is 52.1 Å². The molecule has 5 nitrogen and oxygen atoms in total. The van der Waals surface area contributed by atoms with Crippen molar-refractivity contribution in [3.63, 3.8) is 0 Å². The minimum absolute atomic E-state index is 0.00594. The number of carbonyl (C=O) groups excluding carboxylic acids is 2. The van der Waals surface area contributed by atoms with Gasteiger partial charge < -0.3 is 15.3 Å². The van der Waals surface area contributed by atoms with E-state index in [0.29, 0.717) is 12.2 Å². The van der Waals surface area contributed by atoms with E-state index < -0.39 is 0 Å². The Morgan fingerprint density at radius 1 is 1.07 bits per heavy atom. The first kappa shape index (κ1) is 18.5. The number of carbonyl (C=O) groups is 2. The van der Waals surface area contributed by atoms with Crippen LogP contribution in [0.15, 0.2) is 36.4 Å². The largest absolute Gasteiger partial charge is 0.508 e. The molecule has 0 bridgehead atoms. The van der Waals surface area contributed by atoms with E-state index in [1.165, 1.54) is 5.56 Å². The number of aryl methyl sites for hydroxylation is 2. The number of benzene rings is 2. The quantitative estimate of drug-likeness (QED) is 0.842. The summed E-state index contributed by atoms with van der Waals surface area (Å²) < 4.78 is 0. The van der Waals surface area contributed by atoms with Gasteiger partial charge in [-0.15, -0.1) is 0 Å². The zero-order valence-electron chi connectivity index (χ0n) is 16.4. The molecule has 5 heteroatoms. The number of amides is 2. The van der Waals surface area contributed by atoms with Crippen molar-refractivity contribution in [3.05, 3.63) is 58.7 Å². The first-order chi connectivity index (χ1) is 13.4. The molecule has 28 heavy (non-hydrogen) atoms. The summed E-state index contributed by atoms with van der Waals surface area (Å²) in [6, 6.07) is 11.3. The highest BCUT2D eigenvalue weighted by molar-refractivity contribution is 5.99. The van der Waals surface area contributed by atoms with Crippen LogP contribution in [-0.2, 0) is 11.3 Å². The number of hydrogen-bond acceptors (Lipinski definition) is 3. The number of phenolic OH excluding ortho intramolecular Hbond substituents is 1. The van der Waals surface area contributed by atoms with Crippen LogP contribution in [0.25, 0.3) is 0 Å². The maximum Gasteiger partial charge on any atom is 0.254 e. The molecule has 0 unspecified atom stereocenters. The summed E-state index contributed by atoms with van der Waals surface area (Å²) in [4.78, 5) is 27.4. The second kappa shape index (κ2) is 7.30. The molecule has 1 aliphatic carbocycles. The first-order valence-electron chi connectivity index (χ1n) is 9.94. The molecular weight excluding hydrogens is 352 g/mol. The second-order valence-electron chi connectivity index (χ2n) is 8.03. The lowest BCUT2D eigenvalue weighted by atomic mass is 9.84. The molecule has 1 saturated carbocycles. The normalized spacial score (nSPS) is 21.5. The Hall–Kier alpha value is -2.82. The van der Waals surface area contributed by atoms with E-state index in [-0.39, 0.29) is 29.5 Å². The summed E-state index contributed by atoms with van der Waals surface area (Å²) >= 11 is 0. The molecule has 4 rings (SSSR count). The van der Waals surface area contributed by atoms with E-state index in [2.05, 4.69) is 18.3 Å². The van der Waals surface area contributed by atoms with Crippen LogP contribution in [0.1, 0.15) is 52.7 Å². The summed E-state index contributed by atoms with van der Waals surface area (Å²) in [6.07, 6.45) is 3.23. The molecule has 1 aliphatic heterocycles. The summed E-state index contributed by atoms with van der Waals surface area (Å²) in [6.45, 7) is 4.56. The van der Waals surface area contributed by atoms with Crippen molar-refractivity contribution in [3.8, 4) is 5.75 Å². The summed E-state index contributed by atoms with van der Waals surface area (Å²) in [5.41, 5.74) is 4.55. The monoisotopic (exact) mass is 378 g/mol. The number of nitrogens with zero attached hydrogens (tertiary/aromatic N) is 1. The van der Waals surface area contributed by atoms with Gasteiger partial charge >= 0.3 is 0 Å². The number of hydrogen-bond donors (Lipinski definition) is 2. The van der Waals surface area contributed by atoms with Gasteiger partial charge in [-0.2, -0.15) is 0 Å². The van der Waals surface area contributed by atoms with E-state index in [1.54, 1.807) is 18.2 Å². The molecule has 1 fully saturated rings. The van der Waals surface area contributed by atoms with Crippen LogP contribution >= 0.6 is 0 Å². The van der Waals surface area contributed by atoms with E-state index in [9.17, 15) is 14.7 Å². The van der Waals surface area contributed by atoms with Gasteiger partial charge in [0, 0.05) is 35.8 Å². The number of phenols is 1. The maximum absolute atomic E-state index is 12.8. The number of aromatic hydroxyl groups is 1. The van der Waals surface area contributed by atoms with Gasteiger partial charge in [0.1, 0.15) is 5.75 Å². The van der Waals surface area contributed by atoms with Crippen molar-refractivity contribution in [2.24, 2.45) is 5.92 Å². The van der Waals surface area contributed by atoms with Gasteiger partial charge in [-0.3, -0.25) is 9.59 Å². The molecule has 2 N–H and O–H groups in total. The van der Waals surface area contributed by atoms with Gasteiger partial charge in [0.2, 0.25) is 5.91 Å². The third-order valence-electron chi connectivity index (χ3n) is 6.21. The lowest BCUT2D eigenvalue weighted by Gasteiger charge is -2.34. The Morgan fingerprint density at radius 2 is 1.82 bits per heavy atom. The molecule has 0 radical (unpaired) electrons. The first-order valence-corrected chi connectivity index (χ1v) is 9.94. The Labute approximate surface area is 165 Å². The molecule has 0 spiro atoms. The Morgan fingerprint density at radius 3 is 2.50 bits per heavy atom. The van der Waals surface area contributed by atoms with Crippen molar-refractivity contribution >= 4 is 17.5 Å². The topological polar surface area (TPSA) is 69.6 Å². The number of rotatable bonds is 3. The molecule has 1 heterocycles. The fourth-order valence-electron chi connectivity index (χ4n) is 4.39. The Kier molecular flexibility index (Phi) is 4.84. The third kappa shape index (κ3) is 3.37.